The summed E-state index contributed by atoms with van der Waals surface area (Å²) in [5.41, 5.74) is 1.23. The largest absolute Gasteiger partial charge is 0.346 e. The highest BCUT2D eigenvalue weighted by Gasteiger charge is 2.16. The average Bonchev–Trinajstić information content (AvgIpc) is 2.98. The Morgan fingerprint density at radius 3 is 2.79 bits per heavy atom. The van der Waals surface area contributed by atoms with Gasteiger partial charge in [0.1, 0.15) is 0 Å². The third-order valence-corrected chi connectivity index (χ3v) is 4.95. The van der Waals surface area contributed by atoms with E-state index in [-0.39, 0.29) is 0 Å². The molecule has 104 valence electrons. The molecule has 2 aromatic heterocycles. The predicted octanol–water partition coefficient (Wildman–Crippen LogP) is 3.68. The molecule has 19 heavy (non-hydrogen) atoms. The van der Waals surface area contributed by atoms with Crippen molar-refractivity contribution in [3.8, 4) is 0 Å². The van der Waals surface area contributed by atoms with E-state index in [1.807, 2.05) is 7.05 Å². The maximum Gasteiger partial charge on any atom is 0.185 e. The van der Waals surface area contributed by atoms with Crippen LogP contribution < -0.4 is 10.2 Å². The third-order valence-electron chi connectivity index (χ3n) is 2.90. The Morgan fingerprint density at radius 2 is 2.21 bits per heavy atom. The van der Waals surface area contributed by atoms with Crippen molar-refractivity contribution in [3.05, 3.63) is 33.0 Å². The molecule has 0 saturated heterocycles. The average molecular weight is 295 g/mol. The topological polar surface area (TPSA) is 28.2 Å². The van der Waals surface area contributed by atoms with E-state index in [4.69, 9.17) is 4.98 Å². The fraction of sp³-hybridized carbons (Fsp3) is 0.500. The Morgan fingerprint density at radius 1 is 1.42 bits per heavy atom. The van der Waals surface area contributed by atoms with E-state index >= 15 is 0 Å². The molecular formula is C14H21N3S2. The van der Waals surface area contributed by atoms with E-state index in [2.05, 4.69) is 48.6 Å². The quantitative estimate of drug-likeness (QED) is 0.881. The fourth-order valence-electron chi connectivity index (χ4n) is 1.96. The number of nitrogens with zero attached hydrogens (tertiary/aromatic N) is 2. The van der Waals surface area contributed by atoms with E-state index in [1.165, 1.54) is 15.4 Å². The molecule has 0 aliphatic carbocycles. The highest BCUT2D eigenvalue weighted by Crippen LogP contribution is 2.31. The van der Waals surface area contributed by atoms with Crippen LogP contribution >= 0.6 is 22.7 Å². The number of nitrogens with one attached hydrogen (secondary N) is 1. The Labute approximate surface area is 123 Å². The third kappa shape index (κ3) is 3.55. The normalized spacial score (nSPS) is 11.2. The van der Waals surface area contributed by atoms with Crippen molar-refractivity contribution in [3.63, 3.8) is 0 Å². The fourth-order valence-corrected chi connectivity index (χ4v) is 3.90. The molecule has 3 nitrogen and oxygen atoms in total. The lowest BCUT2D eigenvalue weighted by atomic mass is 10.1. The Bertz CT molecular complexity index is 503. The van der Waals surface area contributed by atoms with Crippen LogP contribution in [-0.2, 0) is 13.1 Å². The predicted molar refractivity (Wildman–Crippen MR) is 85.4 cm³/mol. The van der Waals surface area contributed by atoms with Crippen LogP contribution in [0.5, 0.6) is 0 Å². The number of anilines is 1. The minimum absolute atomic E-state index is 0.475. The number of thiophene rings is 1. The van der Waals surface area contributed by atoms with Gasteiger partial charge in [0.25, 0.3) is 0 Å². The van der Waals surface area contributed by atoms with Gasteiger partial charge in [0, 0.05) is 23.3 Å². The Kier molecular flexibility index (Phi) is 4.96. The highest BCUT2D eigenvalue weighted by molar-refractivity contribution is 7.15. The maximum atomic E-state index is 4.82. The first-order valence-electron chi connectivity index (χ1n) is 6.49. The summed E-state index contributed by atoms with van der Waals surface area (Å²) in [6, 6.07) is 4.27. The minimum Gasteiger partial charge on any atom is -0.346 e. The molecule has 2 aromatic rings. The number of aromatic nitrogens is 1. The molecular weight excluding hydrogens is 274 g/mol. The second-order valence-electron chi connectivity index (χ2n) is 4.93. The molecule has 0 unspecified atom stereocenters. The van der Waals surface area contributed by atoms with Gasteiger partial charge in [-0.2, -0.15) is 0 Å². The zero-order valence-electron chi connectivity index (χ0n) is 11.9. The molecule has 5 heteroatoms. The van der Waals surface area contributed by atoms with Crippen molar-refractivity contribution in [2.24, 2.45) is 0 Å². The molecule has 0 aliphatic heterocycles. The summed E-state index contributed by atoms with van der Waals surface area (Å²) < 4.78 is 0. The summed E-state index contributed by atoms with van der Waals surface area (Å²) in [5, 5.41) is 6.47. The van der Waals surface area contributed by atoms with Gasteiger partial charge in [0.15, 0.2) is 5.13 Å². The van der Waals surface area contributed by atoms with Gasteiger partial charge in [-0.1, -0.05) is 19.9 Å². The van der Waals surface area contributed by atoms with Gasteiger partial charge in [-0.25, -0.2) is 4.98 Å². The van der Waals surface area contributed by atoms with Crippen molar-refractivity contribution < 1.29 is 0 Å². The van der Waals surface area contributed by atoms with Crippen LogP contribution in [0.4, 0.5) is 5.13 Å². The number of hydrogen-bond acceptors (Lipinski definition) is 5. The zero-order valence-corrected chi connectivity index (χ0v) is 13.6. The molecule has 0 bridgehead atoms. The van der Waals surface area contributed by atoms with E-state index in [0.717, 1.165) is 18.2 Å². The standard InChI is InChI=1S/C14H21N3S2/c1-10(2)13-12(8-15-3)19-14(16-13)17(4)9-11-6-5-7-18-11/h5-7,10,15H,8-9H2,1-4H3. The molecule has 2 heterocycles. The first-order chi connectivity index (χ1) is 9.11. The molecule has 0 radical (unpaired) electrons. The summed E-state index contributed by atoms with van der Waals surface area (Å²) >= 11 is 3.60. The van der Waals surface area contributed by atoms with Crippen LogP contribution in [0.3, 0.4) is 0 Å². The molecule has 0 spiro atoms. The summed E-state index contributed by atoms with van der Waals surface area (Å²) in [6.45, 7) is 6.24. The van der Waals surface area contributed by atoms with Gasteiger partial charge in [0.05, 0.1) is 12.2 Å². The van der Waals surface area contributed by atoms with Crippen LogP contribution in [0.25, 0.3) is 0 Å². The van der Waals surface area contributed by atoms with Gasteiger partial charge >= 0.3 is 0 Å². The van der Waals surface area contributed by atoms with E-state index in [1.54, 1.807) is 22.7 Å². The molecule has 0 atom stereocenters. The lowest BCUT2D eigenvalue weighted by molar-refractivity contribution is 0.768. The molecule has 0 saturated carbocycles. The van der Waals surface area contributed by atoms with Crippen molar-refractivity contribution in [1.82, 2.24) is 10.3 Å². The van der Waals surface area contributed by atoms with Crippen LogP contribution in [0, 0.1) is 0 Å². The van der Waals surface area contributed by atoms with Gasteiger partial charge in [-0.15, -0.1) is 22.7 Å². The summed E-state index contributed by atoms with van der Waals surface area (Å²) in [7, 11) is 4.10. The van der Waals surface area contributed by atoms with Crippen LogP contribution in [0.2, 0.25) is 0 Å². The lowest BCUT2D eigenvalue weighted by Crippen LogP contribution is -2.15. The van der Waals surface area contributed by atoms with Crippen molar-refractivity contribution in [1.29, 1.82) is 0 Å². The SMILES string of the molecule is CNCc1sc(N(C)Cc2cccs2)nc1C(C)C. The molecule has 0 fully saturated rings. The van der Waals surface area contributed by atoms with Crippen LogP contribution in [-0.4, -0.2) is 19.1 Å². The number of rotatable bonds is 6. The van der Waals surface area contributed by atoms with Gasteiger partial charge in [-0.3, -0.25) is 0 Å². The lowest BCUT2D eigenvalue weighted by Gasteiger charge is -2.14. The molecule has 0 aromatic carbocycles. The maximum absolute atomic E-state index is 4.82. The van der Waals surface area contributed by atoms with E-state index in [9.17, 15) is 0 Å². The summed E-state index contributed by atoms with van der Waals surface area (Å²) in [5.74, 6) is 0.475. The molecule has 1 N–H and O–H groups in total. The molecule has 0 amide bonds. The first kappa shape index (κ1) is 14.5. The van der Waals surface area contributed by atoms with Gasteiger partial charge in [-0.05, 0) is 24.4 Å². The first-order valence-corrected chi connectivity index (χ1v) is 8.19. The highest BCUT2D eigenvalue weighted by atomic mass is 32.1. The Balaban J connectivity index is 2.17. The van der Waals surface area contributed by atoms with Crippen LogP contribution in [0.15, 0.2) is 17.5 Å². The minimum atomic E-state index is 0.475. The monoisotopic (exact) mass is 295 g/mol. The van der Waals surface area contributed by atoms with Crippen molar-refractivity contribution in [2.75, 3.05) is 19.0 Å². The number of hydrogen-bond donors (Lipinski definition) is 1. The van der Waals surface area contributed by atoms with Crippen LogP contribution in [0.1, 0.15) is 35.2 Å². The van der Waals surface area contributed by atoms with Gasteiger partial charge < -0.3 is 10.2 Å². The second kappa shape index (κ2) is 6.50. The van der Waals surface area contributed by atoms with Gasteiger partial charge in [0.2, 0.25) is 0 Å². The summed E-state index contributed by atoms with van der Waals surface area (Å²) in [4.78, 5) is 9.78. The van der Waals surface area contributed by atoms with Crippen molar-refractivity contribution in [2.45, 2.75) is 32.9 Å². The zero-order chi connectivity index (χ0) is 13.8. The van der Waals surface area contributed by atoms with E-state index in [0.29, 0.717) is 5.92 Å². The van der Waals surface area contributed by atoms with Crippen molar-refractivity contribution >= 4 is 27.8 Å². The second-order valence-corrected chi connectivity index (χ2v) is 7.02. The molecule has 0 aliphatic rings. The molecule has 2 rings (SSSR count). The van der Waals surface area contributed by atoms with E-state index < -0.39 is 0 Å². The summed E-state index contributed by atoms with van der Waals surface area (Å²) in [6.07, 6.45) is 0. The smallest absolute Gasteiger partial charge is 0.185 e. The Hall–Kier alpha value is -0.910. The number of thiazole rings is 1.